The first-order valence-electron chi connectivity index (χ1n) is 11.3. The number of anilines is 1. The van der Waals surface area contributed by atoms with Crippen LogP contribution < -0.4 is 9.64 Å². The third-order valence-corrected chi connectivity index (χ3v) is 6.62. The minimum Gasteiger partial charge on any atom is -0.494 e. The van der Waals surface area contributed by atoms with Crippen LogP contribution in [0.15, 0.2) is 60.8 Å². The molecule has 0 bridgehead atoms. The van der Waals surface area contributed by atoms with E-state index in [4.69, 9.17) is 27.9 Å². The van der Waals surface area contributed by atoms with E-state index >= 15 is 0 Å². The first kappa shape index (κ1) is 23.8. The Morgan fingerprint density at radius 2 is 1.88 bits per heavy atom. The topological polar surface area (TPSA) is 28.6 Å². The van der Waals surface area contributed by atoms with E-state index < -0.39 is 0 Å². The number of piperazine rings is 1. The molecule has 2 aromatic carbocycles. The second-order valence-corrected chi connectivity index (χ2v) is 9.14. The predicted octanol–water partition coefficient (Wildman–Crippen LogP) is 6.94. The maximum absolute atomic E-state index is 13.7. The van der Waals surface area contributed by atoms with Gasteiger partial charge in [0.15, 0.2) is 0 Å². The van der Waals surface area contributed by atoms with Crippen molar-refractivity contribution in [1.29, 1.82) is 0 Å². The number of rotatable bonds is 7. The Morgan fingerprint density at radius 1 is 1.09 bits per heavy atom. The zero-order valence-electron chi connectivity index (χ0n) is 18.8. The molecule has 174 valence electrons. The summed E-state index contributed by atoms with van der Waals surface area (Å²) >= 11 is 12.7. The molecule has 0 saturated carbocycles. The largest absolute Gasteiger partial charge is 0.494 e. The molecular formula is C26H28Cl2FN3O. The maximum atomic E-state index is 13.7. The highest BCUT2D eigenvalue weighted by Gasteiger charge is 2.32. The van der Waals surface area contributed by atoms with Crippen LogP contribution in [0.25, 0.3) is 0 Å². The van der Waals surface area contributed by atoms with Crippen molar-refractivity contribution in [2.24, 2.45) is 0 Å². The molecule has 2 heterocycles. The molecule has 0 amide bonds. The zero-order chi connectivity index (χ0) is 23.4. The summed E-state index contributed by atoms with van der Waals surface area (Å²) in [6.07, 6.45) is 2.62. The SMILES string of the molecule is CCCOc1ccc(N2CCN([C@H](C)c3ccc(Cl)cn3)C[C@H]2c2ccc(F)cc2)c(Cl)c1. The lowest BCUT2D eigenvalue weighted by Gasteiger charge is -2.45. The van der Waals surface area contributed by atoms with Crippen LogP contribution in [-0.4, -0.2) is 36.1 Å². The van der Waals surface area contributed by atoms with Gasteiger partial charge in [-0.3, -0.25) is 9.88 Å². The number of hydrogen-bond donors (Lipinski definition) is 0. The molecule has 3 aromatic rings. The van der Waals surface area contributed by atoms with Crippen LogP contribution in [0.4, 0.5) is 10.1 Å². The highest BCUT2D eigenvalue weighted by molar-refractivity contribution is 6.33. The van der Waals surface area contributed by atoms with E-state index in [1.54, 1.807) is 6.20 Å². The smallest absolute Gasteiger partial charge is 0.123 e. The third-order valence-electron chi connectivity index (χ3n) is 6.09. The van der Waals surface area contributed by atoms with E-state index in [2.05, 4.69) is 28.6 Å². The van der Waals surface area contributed by atoms with Crippen LogP contribution in [0.5, 0.6) is 5.75 Å². The van der Waals surface area contributed by atoms with Crippen molar-refractivity contribution >= 4 is 28.9 Å². The normalized spacial score (nSPS) is 17.7. The van der Waals surface area contributed by atoms with Gasteiger partial charge in [-0.25, -0.2) is 4.39 Å². The molecule has 4 rings (SSSR count). The molecule has 0 aliphatic carbocycles. The second-order valence-electron chi connectivity index (χ2n) is 8.29. The summed E-state index contributed by atoms with van der Waals surface area (Å²) < 4.78 is 19.4. The van der Waals surface area contributed by atoms with Crippen molar-refractivity contribution in [2.45, 2.75) is 32.4 Å². The van der Waals surface area contributed by atoms with Crippen molar-refractivity contribution in [1.82, 2.24) is 9.88 Å². The van der Waals surface area contributed by atoms with E-state index in [1.165, 1.54) is 12.1 Å². The molecule has 1 aliphatic heterocycles. The lowest BCUT2D eigenvalue weighted by atomic mass is 9.99. The molecule has 4 nitrogen and oxygen atoms in total. The average Bonchev–Trinajstić information content (AvgIpc) is 2.83. The van der Waals surface area contributed by atoms with Crippen molar-refractivity contribution in [3.8, 4) is 5.75 Å². The molecule has 7 heteroatoms. The molecule has 2 atom stereocenters. The van der Waals surface area contributed by atoms with Crippen LogP contribution >= 0.6 is 23.2 Å². The first-order valence-corrected chi connectivity index (χ1v) is 12.0. The summed E-state index contributed by atoms with van der Waals surface area (Å²) in [6.45, 7) is 7.25. The van der Waals surface area contributed by atoms with E-state index in [1.807, 2.05) is 42.5 Å². The summed E-state index contributed by atoms with van der Waals surface area (Å²) in [6, 6.07) is 16.6. The van der Waals surface area contributed by atoms with Crippen molar-refractivity contribution in [3.05, 3.63) is 87.9 Å². The highest BCUT2D eigenvalue weighted by Crippen LogP contribution is 2.38. The quantitative estimate of drug-likeness (QED) is 0.360. The van der Waals surface area contributed by atoms with Crippen LogP contribution in [0.2, 0.25) is 10.0 Å². The minimum atomic E-state index is -0.243. The minimum absolute atomic E-state index is 0.00834. The lowest BCUT2D eigenvalue weighted by molar-refractivity contribution is 0.168. The Labute approximate surface area is 204 Å². The van der Waals surface area contributed by atoms with Gasteiger partial charge in [0.25, 0.3) is 0 Å². The highest BCUT2D eigenvalue weighted by atomic mass is 35.5. The van der Waals surface area contributed by atoms with Gasteiger partial charge in [0.05, 0.1) is 34.1 Å². The first-order chi connectivity index (χ1) is 16.0. The van der Waals surface area contributed by atoms with E-state index in [-0.39, 0.29) is 17.9 Å². The van der Waals surface area contributed by atoms with Gasteiger partial charge in [-0.1, -0.05) is 42.3 Å². The predicted molar refractivity (Wildman–Crippen MR) is 133 cm³/mol. The monoisotopic (exact) mass is 487 g/mol. The zero-order valence-corrected chi connectivity index (χ0v) is 20.4. The number of nitrogens with zero attached hydrogens (tertiary/aromatic N) is 3. The van der Waals surface area contributed by atoms with Gasteiger partial charge in [0.2, 0.25) is 0 Å². The molecule has 1 fully saturated rings. The van der Waals surface area contributed by atoms with E-state index in [9.17, 15) is 4.39 Å². The Balaban J connectivity index is 1.62. The number of ether oxygens (including phenoxy) is 1. The molecule has 0 unspecified atom stereocenters. The average molecular weight is 488 g/mol. The van der Waals surface area contributed by atoms with Crippen LogP contribution in [0.1, 0.15) is 43.6 Å². The van der Waals surface area contributed by atoms with Gasteiger partial charge in [0.1, 0.15) is 11.6 Å². The van der Waals surface area contributed by atoms with Gasteiger partial charge >= 0.3 is 0 Å². The molecule has 0 N–H and O–H groups in total. The molecule has 1 aliphatic rings. The van der Waals surface area contributed by atoms with Crippen LogP contribution in [0, 0.1) is 5.82 Å². The number of aromatic nitrogens is 1. The van der Waals surface area contributed by atoms with Gasteiger partial charge in [0, 0.05) is 37.9 Å². The number of benzene rings is 2. The van der Waals surface area contributed by atoms with Crippen LogP contribution in [-0.2, 0) is 0 Å². The molecule has 0 spiro atoms. The summed E-state index contributed by atoms with van der Waals surface area (Å²) in [5, 5.41) is 1.28. The van der Waals surface area contributed by atoms with Crippen molar-refractivity contribution in [3.63, 3.8) is 0 Å². The fraction of sp³-hybridized carbons (Fsp3) is 0.346. The Kier molecular flexibility index (Phi) is 7.74. The summed E-state index contributed by atoms with van der Waals surface area (Å²) in [5.41, 5.74) is 2.97. The van der Waals surface area contributed by atoms with Gasteiger partial charge in [-0.05, 0) is 55.3 Å². The van der Waals surface area contributed by atoms with Crippen LogP contribution in [0.3, 0.4) is 0 Å². The van der Waals surface area contributed by atoms with E-state index in [0.29, 0.717) is 16.7 Å². The fourth-order valence-electron chi connectivity index (χ4n) is 4.27. The Hall–Kier alpha value is -2.34. The fourth-order valence-corrected chi connectivity index (χ4v) is 4.66. The number of hydrogen-bond acceptors (Lipinski definition) is 4. The van der Waals surface area contributed by atoms with Gasteiger partial charge in [-0.15, -0.1) is 0 Å². The summed E-state index contributed by atoms with van der Waals surface area (Å²) in [5.74, 6) is 0.525. The molecule has 1 saturated heterocycles. The van der Waals surface area contributed by atoms with E-state index in [0.717, 1.165) is 48.7 Å². The molecule has 1 aromatic heterocycles. The van der Waals surface area contributed by atoms with Gasteiger partial charge in [-0.2, -0.15) is 0 Å². The number of pyridine rings is 1. The molecule has 33 heavy (non-hydrogen) atoms. The summed E-state index contributed by atoms with van der Waals surface area (Å²) in [7, 11) is 0. The van der Waals surface area contributed by atoms with Crippen molar-refractivity contribution < 1.29 is 9.13 Å². The Morgan fingerprint density at radius 3 is 2.55 bits per heavy atom. The lowest BCUT2D eigenvalue weighted by Crippen LogP contribution is -2.49. The second kappa shape index (κ2) is 10.7. The molecular weight excluding hydrogens is 460 g/mol. The number of halogens is 3. The maximum Gasteiger partial charge on any atom is 0.123 e. The third kappa shape index (κ3) is 5.60. The summed E-state index contributed by atoms with van der Waals surface area (Å²) in [4.78, 5) is 9.22. The standard InChI is InChI=1S/C26H28Cl2FN3O/c1-3-14-33-22-9-11-25(23(28)15-22)32-13-12-31(18(2)24-10-6-20(27)16-30-24)17-26(32)19-4-7-21(29)8-5-19/h4-11,15-16,18,26H,3,12-14,17H2,1-2H3/t18-,26+/m1/s1. The Bertz CT molecular complexity index is 1060. The molecule has 0 radical (unpaired) electrons. The van der Waals surface area contributed by atoms with Gasteiger partial charge < -0.3 is 9.64 Å². The van der Waals surface area contributed by atoms with Crippen molar-refractivity contribution in [2.75, 3.05) is 31.1 Å².